The van der Waals surface area contributed by atoms with Crippen molar-refractivity contribution in [3.05, 3.63) is 46.8 Å². The zero-order valence-electron chi connectivity index (χ0n) is 13.0. The maximum Gasteiger partial charge on any atom is 0.289 e. The van der Waals surface area contributed by atoms with Crippen molar-refractivity contribution in [3.8, 4) is 5.95 Å². The molecule has 0 aliphatic carbocycles. The van der Waals surface area contributed by atoms with Gasteiger partial charge in [-0.3, -0.25) is 0 Å². The molecule has 0 atom stereocenters. The Hall–Kier alpha value is -2.83. The smallest absolute Gasteiger partial charge is 0.289 e. The van der Waals surface area contributed by atoms with Gasteiger partial charge in [-0.2, -0.15) is 5.10 Å². The van der Waals surface area contributed by atoms with E-state index in [9.17, 15) is 0 Å². The van der Waals surface area contributed by atoms with Crippen molar-refractivity contribution < 1.29 is 0 Å². The highest BCUT2D eigenvalue weighted by Gasteiger charge is 2.08. The Balaban J connectivity index is 1.82. The van der Waals surface area contributed by atoms with E-state index in [1.807, 2.05) is 38.1 Å². The molecule has 7 heteroatoms. The fourth-order valence-corrected chi connectivity index (χ4v) is 2.14. The lowest BCUT2D eigenvalue weighted by Gasteiger charge is -2.06. The summed E-state index contributed by atoms with van der Waals surface area (Å²) in [6.45, 7) is 7.98. The average Bonchev–Trinajstić information content (AvgIpc) is 2.83. The molecule has 1 N–H and O–H groups in total. The summed E-state index contributed by atoms with van der Waals surface area (Å²) in [7, 11) is 0. The molecule has 0 spiro atoms. The van der Waals surface area contributed by atoms with Crippen molar-refractivity contribution in [3.63, 3.8) is 0 Å². The molecule has 112 valence electrons. The van der Waals surface area contributed by atoms with E-state index in [4.69, 9.17) is 0 Å². The second-order valence-corrected chi connectivity index (χ2v) is 5.29. The second-order valence-electron chi connectivity index (χ2n) is 5.29. The highest BCUT2D eigenvalue weighted by atomic mass is 15.5. The van der Waals surface area contributed by atoms with E-state index in [-0.39, 0.29) is 0 Å². The van der Waals surface area contributed by atoms with E-state index in [0.717, 1.165) is 17.1 Å². The minimum absolute atomic E-state index is 0.355. The lowest BCUT2D eigenvalue weighted by atomic mass is 10.1. The number of aryl methyl sites for hydroxylation is 4. The average molecular weight is 295 g/mol. The highest BCUT2D eigenvalue weighted by molar-refractivity contribution is 5.55. The normalized spacial score (nSPS) is 10.7. The van der Waals surface area contributed by atoms with Gasteiger partial charge in [0.25, 0.3) is 11.9 Å². The quantitative estimate of drug-likeness (QED) is 0.799. The van der Waals surface area contributed by atoms with E-state index in [1.165, 1.54) is 11.1 Å². The van der Waals surface area contributed by atoms with Crippen molar-refractivity contribution in [1.29, 1.82) is 0 Å². The van der Waals surface area contributed by atoms with E-state index >= 15 is 0 Å². The van der Waals surface area contributed by atoms with Crippen LogP contribution in [0.1, 0.15) is 22.5 Å². The Bertz CT molecular complexity index is 805. The van der Waals surface area contributed by atoms with Crippen molar-refractivity contribution in [2.75, 3.05) is 5.32 Å². The molecule has 2 aromatic heterocycles. The lowest BCUT2D eigenvalue weighted by Crippen LogP contribution is -2.10. The fourth-order valence-electron chi connectivity index (χ4n) is 2.14. The van der Waals surface area contributed by atoms with Gasteiger partial charge in [-0.15, -0.1) is 20.4 Å². The Morgan fingerprint density at radius 2 is 1.59 bits per heavy atom. The number of aromatic nitrogens is 6. The molecule has 0 aliphatic heterocycles. The minimum Gasteiger partial charge on any atom is -0.322 e. The van der Waals surface area contributed by atoms with Crippen molar-refractivity contribution in [2.24, 2.45) is 0 Å². The maximum atomic E-state index is 4.31. The van der Waals surface area contributed by atoms with Crippen LogP contribution >= 0.6 is 0 Å². The van der Waals surface area contributed by atoms with Gasteiger partial charge in [-0.05, 0) is 57.0 Å². The summed E-state index contributed by atoms with van der Waals surface area (Å²) in [6, 6.07) is 8.00. The van der Waals surface area contributed by atoms with Gasteiger partial charge in [0.05, 0.1) is 5.69 Å². The number of nitrogens with zero attached hydrogens (tertiary/aromatic N) is 6. The zero-order valence-corrected chi connectivity index (χ0v) is 13.0. The Morgan fingerprint density at radius 3 is 2.18 bits per heavy atom. The van der Waals surface area contributed by atoms with Crippen LogP contribution in [0.5, 0.6) is 0 Å². The number of hydrogen-bond acceptors (Lipinski definition) is 6. The summed E-state index contributed by atoms with van der Waals surface area (Å²) in [5, 5.41) is 23.7. The van der Waals surface area contributed by atoms with Gasteiger partial charge >= 0.3 is 0 Å². The highest BCUT2D eigenvalue weighted by Crippen LogP contribution is 2.16. The molecule has 1 aromatic carbocycles. The van der Waals surface area contributed by atoms with Crippen LogP contribution in [-0.2, 0) is 0 Å². The van der Waals surface area contributed by atoms with Crippen molar-refractivity contribution >= 4 is 11.6 Å². The van der Waals surface area contributed by atoms with E-state index < -0.39 is 0 Å². The first-order valence-corrected chi connectivity index (χ1v) is 6.98. The third-order valence-electron chi connectivity index (χ3n) is 3.43. The summed E-state index contributed by atoms with van der Waals surface area (Å²) < 4.78 is 1.62. The molecule has 0 aliphatic rings. The number of rotatable bonds is 3. The summed E-state index contributed by atoms with van der Waals surface area (Å²) in [5.41, 5.74) is 5.19. The van der Waals surface area contributed by atoms with Crippen LogP contribution in [0.15, 0.2) is 24.3 Å². The predicted molar refractivity (Wildman–Crippen MR) is 83.4 cm³/mol. The first-order chi connectivity index (χ1) is 10.5. The van der Waals surface area contributed by atoms with Crippen molar-refractivity contribution in [2.45, 2.75) is 27.7 Å². The number of nitrogens with one attached hydrogen (secondary N) is 1. The molecular formula is C15H17N7. The molecule has 0 unspecified atom stereocenters. The second kappa shape index (κ2) is 5.51. The minimum atomic E-state index is 0.355. The third-order valence-corrected chi connectivity index (χ3v) is 3.43. The van der Waals surface area contributed by atoms with Crippen LogP contribution < -0.4 is 5.32 Å². The molecular weight excluding hydrogens is 278 g/mol. The molecule has 0 bridgehead atoms. The van der Waals surface area contributed by atoms with Crippen LogP contribution in [0.2, 0.25) is 0 Å². The van der Waals surface area contributed by atoms with Gasteiger partial charge in [0, 0.05) is 11.4 Å². The largest absolute Gasteiger partial charge is 0.322 e. The Morgan fingerprint density at radius 1 is 0.864 bits per heavy atom. The van der Waals surface area contributed by atoms with Gasteiger partial charge in [-0.25, -0.2) is 4.68 Å². The summed E-state index contributed by atoms with van der Waals surface area (Å²) in [5.74, 6) is 0.713. The van der Waals surface area contributed by atoms with Gasteiger partial charge in [-0.1, -0.05) is 6.07 Å². The third kappa shape index (κ3) is 2.78. The number of benzene rings is 1. The van der Waals surface area contributed by atoms with Gasteiger partial charge in [0.15, 0.2) is 0 Å². The Kier molecular flexibility index (Phi) is 3.54. The summed E-state index contributed by atoms with van der Waals surface area (Å²) in [4.78, 5) is 0. The van der Waals surface area contributed by atoms with Crippen LogP contribution in [-0.4, -0.2) is 30.2 Å². The molecule has 7 nitrogen and oxygen atoms in total. The predicted octanol–water partition coefficient (Wildman–Crippen LogP) is 2.43. The number of hydrogen-bond donors (Lipinski definition) is 1. The topological polar surface area (TPSA) is 81.4 Å². The fraction of sp³-hybridized carbons (Fsp3) is 0.267. The van der Waals surface area contributed by atoms with Crippen LogP contribution in [0.3, 0.4) is 0 Å². The molecule has 2 heterocycles. The van der Waals surface area contributed by atoms with Crippen LogP contribution in [0.25, 0.3) is 5.95 Å². The lowest BCUT2D eigenvalue weighted by molar-refractivity contribution is 0.713. The van der Waals surface area contributed by atoms with Gasteiger partial charge in [0.2, 0.25) is 0 Å². The standard InChI is InChI=1S/C15H17N7/c1-9-5-6-13(7-10(9)2)16-14-17-19-15(20-18-14)22-12(4)8-11(3)21-22/h5-8H,1-4H3,(H,16,17,18). The van der Waals surface area contributed by atoms with E-state index in [0.29, 0.717) is 11.9 Å². The van der Waals surface area contributed by atoms with Gasteiger partial charge in [0.1, 0.15) is 0 Å². The molecule has 0 amide bonds. The Labute approximate surface area is 128 Å². The molecule has 3 rings (SSSR count). The van der Waals surface area contributed by atoms with Gasteiger partial charge < -0.3 is 5.32 Å². The molecule has 0 saturated carbocycles. The van der Waals surface area contributed by atoms with Crippen LogP contribution in [0, 0.1) is 27.7 Å². The van der Waals surface area contributed by atoms with Crippen LogP contribution in [0.4, 0.5) is 11.6 Å². The monoisotopic (exact) mass is 295 g/mol. The molecule has 0 fully saturated rings. The molecule has 22 heavy (non-hydrogen) atoms. The van der Waals surface area contributed by atoms with E-state index in [1.54, 1.807) is 4.68 Å². The first kappa shape index (κ1) is 14.1. The van der Waals surface area contributed by atoms with E-state index in [2.05, 4.69) is 44.7 Å². The zero-order chi connectivity index (χ0) is 15.7. The SMILES string of the molecule is Cc1cc(C)n(-c2nnc(Nc3ccc(C)c(C)c3)nn2)n1. The number of anilines is 2. The molecule has 3 aromatic rings. The summed E-state index contributed by atoms with van der Waals surface area (Å²) in [6.07, 6.45) is 0. The van der Waals surface area contributed by atoms with Crippen molar-refractivity contribution in [1.82, 2.24) is 30.2 Å². The molecule has 0 radical (unpaired) electrons. The molecule has 0 saturated heterocycles. The summed E-state index contributed by atoms with van der Waals surface area (Å²) >= 11 is 0. The first-order valence-electron chi connectivity index (χ1n) is 6.98. The maximum absolute atomic E-state index is 4.31.